The number of carbonyl (C=O) groups is 2. The third-order valence-corrected chi connectivity index (χ3v) is 2.16. The number of hydrogen-bond acceptors (Lipinski definition) is 5. The van der Waals surface area contributed by atoms with Gasteiger partial charge < -0.3 is 19.3 Å². The molecule has 1 N–H and O–H groups in total. The predicted octanol–water partition coefficient (Wildman–Crippen LogP) is 1.74. The molecule has 0 bridgehead atoms. The highest BCUT2D eigenvalue weighted by Gasteiger charge is 2.16. The van der Waals surface area contributed by atoms with E-state index in [9.17, 15) is 9.59 Å². The topological polar surface area (TPSA) is 82.1 Å². The van der Waals surface area contributed by atoms with E-state index in [1.165, 1.54) is 0 Å². The van der Waals surface area contributed by atoms with Crippen molar-refractivity contribution in [3.8, 4) is 0 Å². The molecule has 0 aromatic carbocycles. The minimum absolute atomic E-state index is 0.0744. The van der Waals surface area contributed by atoms with Crippen molar-refractivity contribution in [1.29, 1.82) is 0 Å². The van der Waals surface area contributed by atoms with Gasteiger partial charge >= 0.3 is 11.9 Å². The molecule has 0 saturated heterocycles. The van der Waals surface area contributed by atoms with E-state index >= 15 is 0 Å². The van der Waals surface area contributed by atoms with Gasteiger partial charge in [0.1, 0.15) is 6.61 Å². The summed E-state index contributed by atoms with van der Waals surface area (Å²) < 4.78 is 15.5. The van der Waals surface area contributed by atoms with Crippen LogP contribution in [0.5, 0.6) is 0 Å². The van der Waals surface area contributed by atoms with Gasteiger partial charge in [-0.15, -0.1) is 0 Å². The van der Waals surface area contributed by atoms with Gasteiger partial charge in [0.05, 0.1) is 6.42 Å². The fourth-order valence-corrected chi connectivity index (χ4v) is 1.19. The molecule has 19 heavy (non-hydrogen) atoms. The minimum Gasteiger partial charge on any atom is -0.481 e. The Hall–Kier alpha value is -1.40. The third kappa shape index (κ3) is 9.21. The van der Waals surface area contributed by atoms with Gasteiger partial charge in [0, 0.05) is 18.8 Å². The molecule has 0 aromatic heterocycles. The van der Waals surface area contributed by atoms with Crippen LogP contribution in [0.4, 0.5) is 0 Å². The third-order valence-electron chi connectivity index (χ3n) is 2.16. The highest BCUT2D eigenvalue weighted by Crippen LogP contribution is 2.04. The second kappa shape index (κ2) is 10.5. The molecular formula is C13H22O6. The number of carboxylic acid groups (broad SMARTS) is 1. The monoisotopic (exact) mass is 274 g/mol. The highest BCUT2D eigenvalue weighted by molar-refractivity contribution is 5.92. The minimum atomic E-state index is -1.12. The number of rotatable bonds is 11. The van der Waals surface area contributed by atoms with Gasteiger partial charge in [-0.25, -0.2) is 4.79 Å². The second-order valence-corrected chi connectivity index (χ2v) is 3.88. The molecular weight excluding hydrogens is 252 g/mol. The van der Waals surface area contributed by atoms with Crippen LogP contribution in [-0.4, -0.2) is 43.2 Å². The fourth-order valence-electron chi connectivity index (χ4n) is 1.19. The number of ether oxygens (including phenoxy) is 3. The Morgan fingerprint density at radius 3 is 2.47 bits per heavy atom. The molecule has 6 nitrogen and oxygen atoms in total. The maximum atomic E-state index is 11.4. The van der Waals surface area contributed by atoms with Crippen LogP contribution in [0.3, 0.4) is 0 Å². The Kier molecular flexibility index (Phi) is 9.74. The van der Waals surface area contributed by atoms with Crippen molar-refractivity contribution >= 4 is 11.9 Å². The number of aliphatic carboxylic acids is 1. The van der Waals surface area contributed by atoms with Crippen molar-refractivity contribution < 1.29 is 28.9 Å². The van der Waals surface area contributed by atoms with E-state index in [1.807, 2.05) is 6.92 Å². The van der Waals surface area contributed by atoms with E-state index in [0.29, 0.717) is 13.2 Å². The number of carbonyl (C=O) groups excluding carboxylic acids is 1. The first kappa shape index (κ1) is 17.6. The van der Waals surface area contributed by atoms with Crippen LogP contribution in [0, 0.1) is 0 Å². The second-order valence-electron chi connectivity index (χ2n) is 3.88. The summed E-state index contributed by atoms with van der Waals surface area (Å²) in [5.41, 5.74) is -0.101. The summed E-state index contributed by atoms with van der Waals surface area (Å²) in [6.45, 7) is 8.08. The zero-order valence-corrected chi connectivity index (χ0v) is 11.5. The van der Waals surface area contributed by atoms with Gasteiger partial charge in [0.15, 0.2) is 6.29 Å². The average molecular weight is 274 g/mol. The van der Waals surface area contributed by atoms with Gasteiger partial charge in [-0.05, 0) is 13.3 Å². The van der Waals surface area contributed by atoms with Crippen LogP contribution in [0.25, 0.3) is 0 Å². The molecule has 0 aliphatic carbocycles. The average Bonchev–Trinajstić information content (AvgIpc) is 2.34. The lowest BCUT2D eigenvalue weighted by molar-refractivity contribution is -0.179. The fraction of sp³-hybridized carbons (Fsp3) is 0.692. The Balaban J connectivity index is 4.04. The van der Waals surface area contributed by atoms with Crippen LogP contribution < -0.4 is 0 Å². The SMILES string of the molecule is C=C(CC(=O)O)C(=O)OCC(OCC)OCCCC. The lowest BCUT2D eigenvalue weighted by Gasteiger charge is -2.17. The first-order valence-corrected chi connectivity index (χ1v) is 6.31. The first-order chi connectivity index (χ1) is 9.01. The molecule has 0 spiro atoms. The largest absolute Gasteiger partial charge is 0.481 e. The molecule has 0 aliphatic heterocycles. The van der Waals surface area contributed by atoms with Gasteiger partial charge in [-0.3, -0.25) is 4.79 Å². The van der Waals surface area contributed by atoms with E-state index in [1.54, 1.807) is 6.92 Å². The predicted molar refractivity (Wildman–Crippen MR) is 68.6 cm³/mol. The molecule has 0 saturated carbocycles. The van der Waals surface area contributed by atoms with E-state index in [4.69, 9.17) is 19.3 Å². The van der Waals surface area contributed by atoms with Crippen LogP contribution in [0.1, 0.15) is 33.1 Å². The van der Waals surface area contributed by atoms with Crippen molar-refractivity contribution in [2.45, 2.75) is 39.4 Å². The van der Waals surface area contributed by atoms with Gasteiger partial charge in [-0.2, -0.15) is 0 Å². The Morgan fingerprint density at radius 2 is 1.95 bits per heavy atom. The van der Waals surface area contributed by atoms with Crippen molar-refractivity contribution in [1.82, 2.24) is 0 Å². The molecule has 110 valence electrons. The molecule has 6 heteroatoms. The van der Waals surface area contributed by atoms with Gasteiger partial charge in [0.2, 0.25) is 0 Å². The van der Waals surface area contributed by atoms with Crippen molar-refractivity contribution in [3.63, 3.8) is 0 Å². The lowest BCUT2D eigenvalue weighted by atomic mass is 10.2. The summed E-state index contributed by atoms with van der Waals surface area (Å²) in [6.07, 6.45) is 0.824. The molecule has 1 atom stereocenters. The summed E-state index contributed by atoms with van der Waals surface area (Å²) in [6, 6.07) is 0. The Morgan fingerprint density at radius 1 is 1.26 bits per heavy atom. The van der Waals surface area contributed by atoms with Gasteiger partial charge in [0.25, 0.3) is 0 Å². The van der Waals surface area contributed by atoms with Crippen LogP contribution in [-0.2, 0) is 23.8 Å². The van der Waals surface area contributed by atoms with Gasteiger partial charge in [-0.1, -0.05) is 19.9 Å². The maximum absolute atomic E-state index is 11.4. The molecule has 0 aromatic rings. The van der Waals surface area contributed by atoms with Crippen LogP contribution in [0.2, 0.25) is 0 Å². The standard InChI is InChI=1S/C13H22O6/c1-4-6-7-18-12(17-5-2)9-19-13(16)10(3)8-11(14)15/h12H,3-9H2,1-2H3,(H,14,15). The zero-order valence-electron chi connectivity index (χ0n) is 11.5. The molecule has 0 aliphatic rings. The molecule has 0 heterocycles. The Bertz CT molecular complexity index is 300. The highest BCUT2D eigenvalue weighted by atomic mass is 16.7. The number of hydrogen-bond donors (Lipinski definition) is 1. The number of esters is 1. The normalized spacial score (nSPS) is 11.9. The van der Waals surface area contributed by atoms with Crippen molar-refractivity contribution in [2.75, 3.05) is 19.8 Å². The van der Waals surface area contributed by atoms with E-state index in [2.05, 4.69) is 6.58 Å². The van der Waals surface area contributed by atoms with Crippen LogP contribution >= 0.6 is 0 Å². The summed E-state index contributed by atoms with van der Waals surface area (Å²) >= 11 is 0. The van der Waals surface area contributed by atoms with Crippen LogP contribution in [0.15, 0.2) is 12.2 Å². The molecule has 0 fully saturated rings. The number of unbranched alkanes of at least 4 members (excludes halogenated alkanes) is 1. The van der Waals surface area contributed by atoms with E-state index < -0.39 is 24.6 Å². The first-order valence-electron chi connectivity index (χ1n) is 6.31. The summed E-state index contributed by atoms with van der Waals surface area (Å²) in [4.78, 5) is 21.8. The smallest absolute Gasteiger partial charge is 0.334 e. The zero-order chi connectivity index (χ0) is 14.7. The quantitative estimate of drug-likeness (QED) is 0.267. The molecule has 0 amide bonds. The summed E-state index contributed by atoms with van der Waals surface area (Å²) in [7, 11) is 0. The summed E-state index contributed by atoms with van der Waals surface area (Å²) in [5.74, 6) is -1.87. The molecule has 0 rings (SSSR count). The van der Waals surface area contributed by atoms with Crippen molar-refractivity contribution in [2.24, 2.45) is 0 Å². The molecule has 0 radical (unpaired) electrons. The maximum Gasteiger partial charge on any atom is 0.334 e. The lowest BCUT2D eigenvalue weighted by Crippen LogP contribution is -2.26. The van der Waals surface area contributed by atoms with Crippen molar-refractivity contribution in [3.05, 3.63) is 12.2 Å². The van der Waals surface area contributed by atoms with E-state index in [-0.39, 0.29) is 12.2 Å². The van der Waals surface area contributed by atoms with E-state index in [0.717, 1.165) is 12.8 Å². The summed E-state index contributed by atoms with van der Waals surface area (Å²) in [5, 5.41) is 8.52. The molecule has 1 unspecified atom stereocenters. The number of carboxylic acids is 1. The Labute approximate surface area is 113 Å².